The van der Waals surface area contributed by atoms with Crippen molar-refractivity contribution in [3.05, 3.63) is 22.4 Å². The molecule has 2 aliphatic rings. The van der Waals surface area contributed by atoms with Gasteiger partial charge in [-0.1, -0.05) is 6.92 Å². The Hall–Kier alpha value is -1.60. The van der Waals surface area contributed by atoms with E-state index in [1.54, 1.807) is 11.3 Å². The van der Waals surface area contributed by atoms with Crippen LogP contribution in [0.4, 0.5) is 0 Å². The van der Waals surface area contributed by atoms with Crippen LogP contribution in [0.5, 0.6) is 0 Å². The molecular formula is C18H29N5OS. The molecule has 0 spiro atoms. The van der Waals surface area contributed by atoms with Gasteiger partial charge in [-0.2, -0.15) is 11.3 Å². The molecule has 0 aromatic carbocycles. The monoisotopic (exact) mass is 363 g/mol. The Balaban J connectivity index is 1.40. The summed E-state index contributed by atoms with van der Waals surface area (Å²) in [7, 11) is 1.84. The van der Waals surface area contributed by atoms with E-state index in [0.29, 0.717) is 18.5 Å². The molecule has 1 saturated carbocycles. The number of hydrogen-bond acceptors (Lipinski definition) is 4. The van der Waals surface area contributed by atoms with Crippen LogP contribution in [0.2, 0.25) is 0 Å². The molecule has 1 aliphatic carbocycles. The lowest BCUT2D eigenvalue weighted by molar-refractivity contribution is -0.122. The number of nitrogens with one attached hydrogen (secondary N) is 2. The third kappa shape index (κ3) is 5.44. The van der Waals surface area contributed by atoms with Gasteiger partial charge in [0.25, 0.3) is 0 Å². The Bertz CT molecular complexity index is 576. The molecule has 7 heteroatoms. The molecule has 1 amide bonds. The summed E-state index contributed by atoms with van der Waals surface area (Å²) in [6.07, 6.45) is 2.29. The number of piperazine rings is 1. The van der Waals surface area contributed by atoms with Crippen LogP contribution in [0.3, 0.4) is 0 Å². The summed E-state index contributed by atoms with van der Waals surface area (Å²) in [5, 5.41) is 10.9. The predicted octanol–water partition coefficient (Wildman–Crippen LogP) is 1.32. The average molecular weight is 364 g/mol. The first-order valence-corrected chi connectivity index (χ1v) is 10.1. The minimum Gasteiger partial charge on any atom is -0.356 e. The van der Waals surface area contributed by atoms with Gasteiger partial charge in [-0.3, -0.25) is 14.7 Å². The molecule has 1 atom stereocenters. The lowest BCUT2D eigenvalue weighted by Gasteiger charge is -2.36. The first-order valence-electron chi connectivity index (χ1n) is 9.15. The van der Waals surface area contributed by atoms with Gasteiger partial charge in [-0.25, -0.2) is 0 Å². The van der Waals surface area contributed by atoms with Crippen molar-refractivity contribution in [2.45, 2.75) is 31.7 Å². The van der Waals surface area contributed by atoms with Gasteiger partial charge >= 0.3 is 0 Å². The second-order valence-corrected chi connectivity index (χ2v) is 7.77. The van der Waals surface area contributed by atoms with Crippen LogP contribution in [-0.4, -0.2) is 74.0 Å². The largest absolute Gasteiger partial charge is 0.356 e. The topological polar surface area (TPSA) is 60.0 Å². The van der Waals surface area contributed by atoms with Crippen molar-refractivity contribution in [2.24, 2.45) is 4.99 Å². The number of thiophene rings is 1. The minimum atomic E-state index is 0.169. The highest BCUT2D eigenvalue weighted by Crippen LogP contribution is 2.18. The third-order valence-electron chi connectivity index (χ3n) is 4.87. The average Bonchev–Trinajstić information content (AvgIpc) is 3.25. The second-order valence-electron chi connectivity index (χ2n) is 6.99. The molecule has 1 aromatic rings. The zero-order valence-corrected chi connectivity index (χ0v) is 16.0. The normalized spacial score (nSPS) is 20.4. The number of carbonyl (C=O) groups excluding carboxylic acids is 1. The second kappa shape index (κ2) is 8.67. The fraction of sp³-hybridized carbons (Fsp3) is 0.667. The summed E-state index contributed by atoms with van der Waals surface area (Å²) in [5.74, 6) is 1.60. The van der Waals surface area contributed by atoms with Crippen molar-refractivity contribution >= 4 is 23.2 Å². The molecule has 6 nitrogen and oxygen atoms in total. The molecule has 25 heavy (non-hydrogen) atoms. The predicted molar refractivity (Wildman–Crippen MR) is 103 cm³/mol. The van der Waals surface area contributed by atoms with Gasteiger partial charge in [-0.15, -0.1) is 0 Å². The lowest BCUT2D eigenvalue weighted by Crippen LogP contribution is -2.54. The summed E-state index contributed by atoms with van der Waals surface area (Å²) in [5.41, 5.74) is 1.37. The summed E-state index contributed by atoms with van der Waals surface area (Å²) in [6.45, 7) is 7.25. The molecule has 138 valence electrons. The first kappa shape index (κ1) is 18.2. The molecule has 2 heterocycles. The summed E-state index contributed by atoms with van der Waals surface area (Å²) >= 11 is 1.74. The maximum absolute atomic E-state index is 11.9. The standard InChI is InChI=1S/C18H29N5OS/c1-14(15-5-10-25-13-15)11-20-18(19-2)23-8-6-22(7-9-23)12-17(24)21-16-3-4-16/h5,10,13-14,16H,3-4,6-9,11-12H2,1-2H3,(H,19,20)(H,21,24). The van der Waals surface area contributed by atoms with Crippen molar-refractivity contribution < 1.29 is 4.79 Å². The highest BCUT2D eigenvalue weighted by molar-refractivity contribution is 7.07. The Kier molecular flexibility index (Phi) is 6.31. The molecular weight excluding hydrogens is 334 g/mol. The number of guanidine groups is 1. The first-order chi connectivity index (χ1) is 12.2. The molecule has 2 N–H and O–H groups in total. The van der Waals surface area contributed by atoms with Crippen LogP contribution in [0, 0.1) is 0 Å². The van der Waals surface area contributed by atoms with Gasteiger partial charge in [0, 0.05) is 45.8 Å². The smallest absolute Gasteiger partial charge is 0.234 e. The molecule has 1 saturated heterocycles. The van der Waals surface area contributed by atoms with Gasteiger partial charge in [0.2, 0.25) is 5.91 Å². The van der Waals surface area contributed by atoms with E-state index in [9.17, 15) is 4.79 Å². The van der Waals surface area contributed by atoms with E-state index in [1.807, 2.05) is 7.05 Å². The quantitative estimate of drug-likeness (QED) is 0.591. The molecule has 2 fully saturated rings. The van der Waals surface area contributed by atoms with Gasteiger partial charge in [0.05, 0.1) is 6.54 Å². The van der Waals surface area contributed by atoms with E-state index in [-0.39, 0.29) is 5.91 Å². The van der Waals surface area contributed by atoms with E-state index in [1.165, 1.54) is 5.56 Å². The van der Waals surface area contributed by atoms with Crippen molar-refractivity contribution in [3.8, 4) is 0 Å². The van der Waals surface area contributed by atoms with Gasteiger partial charge in [0.15, 0.2) is 5.96 Å². The van der Waals surface area contributed by atoms with Crippen LogP contribution >= 0.6 is 11.3 Å². The van der Waals surface area contributed by atoms with Crippen LogP contribution in [0.1, 0.15) is 31.2 Å². The maximum Gasteiger partial charge on any atom is 0.234 e. The number of carbonyl (C=O) groups is 1. The van der Waals surface area contributed by atoms with E-state index in [4.69, 9.17) is 0 Å². The molecule has 0 radical (unpaired) electrons. The minimum absolute atomic E-state index is 0.169. The van der Waals surface area contributed by atoms with E-state index in [0.717, 1.165) is 51.5 Å². The van der Waals surface area contributed by atoms with Gasteiger partial charge < -0.3 is 15.5 Å². The SMILES string of the molecule is CN=C(NCC(C)c1ccsc1)N1CCN(CC(=O)NC2CC2)CC1. The van der Waals surface area contributed by atoms with Crippen molar-refractivity contribution in [1.82, 2.24) is 20.4 Å². The number of nitrogens with zero attached hydrogens (tertiary/aromatic N) is 3. The third-order valence-corrected chi connectivity index (χ3v) is 5.57. The Morgan fingerprint density at radius 3 is 2.72 bits per heavy atom. The number of amides is 1. The lowest BCUT2D eigenvalue weighted by atomic mass is 10.1. The molecule has 3 rings (SSSR count). The summed E-state index contributed by atoms with van der Waals surface area (Å²) < 4.78 is 0. The zero-order valence-electron chi connectivity index (χ0n) is 15.2. The van der Waals surface area contributed by atoms with Gasteiger partial charge in [-0.05, 0) is 41.1 Å². The molecule has 1 unspecified atom stereocenters. The van der Waals surface area contributed by atoms with Crippen molar-refractivity contribution in [1.29, 1.82) is 0 Å². The highest BCUT2D eigenvalue weighted by atomic mass is 32.1. The van der Waals surface area contributed by atoms with Crippen LogP contribution in [-0.2, 0) is 4.79 Å². The van der Waals surface area contributed by atoms with Crippen LogP contribution < -0.4 is 10.6 Å². The zero-order chi connectivity index (χ0) is 17.6. The van der Waals surface area contributed by atoms with E-state index >= 15 is 0 Å². The highest BCUT2D eigenvalue weighted by Gasteiger charge is 2.26. The van der Waals surface area contributed by atoms with Crippen molar-refractivity contribution in [2.75, 3.05) is 46.3 Å². The Morgan fingerprint density at radius 1 is 1.36 bits per heavy atom. The van der Waals surface area contributed by atoms with Crippen LogP contribution in [0.15, 0.2) is 21.8 Å². The number of aliphatic imine (C=N–C) groups is 1. The fourth-order valence-electron chi connectivity index (χ4n) is 3.07. The maximum atomic E-state index is 11.9. The van der Waals surface area contributed by atoms with E-state index in [2.05, 4.69) is 49.2 Å². The number of hydrogen-bond donors (Lipinski definition) is 2. The molecule has 0 bridgehead atoms. The summed E-state index contributed by atoms with van der Waals surface area (Å²) in [4.78, 5) is 20.9. The molecule has 1 aliphatic heterocycles. The summed E-state index contributed by atoms with van der Waals surface area (Å²) in [6, 6.07) is 2.63. The van der Waals surface area contributed by atoms with Crippen molar-refractivity contribution in [3.63, 3.8) is 0 Å². The Morgan fingerprint density at radius 2 is 2.12 bits per heavy atom. The van der Waals surface area contributed by atoms with Gasteiger partial charge in [0.1, 0.15) is 0 Å². The molecule has 1 aromatic heterocycles. The van der Waals surface area contributed by atoms with Crippen LogP contribution in [0.25, 0.3) is 0 Å². The van der Waals surface area contributed by atoms with E-state index < -0.39 is 0 Å². The number of rotatable bonds is 6. The fourth-order valence-corrected chi connectivity index (χ4v) is 3.85. The Labute approximate surface area is 154 Å².